The van der Waals surface area contributed by atoms with Crippen molar-refractivity contribution >= 4 is 70.7 Å². The summed E-state index contributed by atoms with van der Waals surface area (Å²) in [6.07, 6.45) is 15.1. The lowest BCUT2D eigenvalue weighted by atomic mass is 9.55. The van der Waals surface area contributed by atoms with Gasteiger partial charge in [-0.25, -0.2) is 0 Å². The Bertz CT molecular complexity index is 4690. The van der Waals surface area contributed by atoms with Crippen molar-refractivity contribution < 1.29 is 146 Å². The minimum atomic E-state index is -0.888. The van der Waals surface area contributed by atoms with E-state index in [0.29, 0.717) is 113 Å². The predicted molar refractivity (Wildman–Crippen MR) is 486 cm³/mol. The Labute approximate surface area is 775 Å². The molecule has 4 saturated carbocycles. The number of aromatic hydroxyl groups is 5. The first-order valence-electron chi connectivity index (χ1n) is 44.8. The molecule has 10 unspecified atom stereocenters. The Morgan fingerprint density at radius 3 is 1.35 bits per heavy atom. The summed E-state index contributed by atoms with van der Waals surface area (Å²) in [4.78, 5) is 121. The average Bonchev–Trinajstić information content (AvgIpc) is 1.63. The van der Waals surface area contributed by atoms with Gasteiger partial charge >= 0.3 is 18.1 Å². The number of ketones is 1. The Kier molecular flexibility index (Phi) is 45.4. The SMILES string of the molecule is CC(C)(C)O.CC12CCC3c4ccc(O)cc4CCC3C1CCC2OCCC(=O)NCCOCCOCC(=O)Cc1ccc(CO)c(C(N)=O)c1O.CC12CCC3c4ccc(O)cc4CCC3C1CCC2OCCC(=O)O.COc1ccc(NC(=O)COCCOCCCC(=O)OC(C)(C)C)c(O)c1C(N)=O.COc1ccc(NC(=O)COCCOCCN)c(O)c1C(N)=O.O=C=O. The first-order valence-corrected chi connectivity index (χ1v) is 44.8. The number of carbonyl (C=O) groups is 9. The normalized spacial score (nSPS) is 20.3. The Morgan fingerprint density at radius 1 is 0.496 bits per heavy atom. The number of nitrogens with one attached hydrogen (secondary N) is 3. The predicted octanol–water partition coefficient (Wildman–Crippen LogP) is 8.61. The number of phenolic OH excluding ortho intramolecular Hbond substituents is 2. The van der Waals surface area contributed by atoms with Gasteiger partial charge in [0, 0.05) is 44.5 Å². The number of primary amides is 3. The molecule has 37 nitrogen and oxygen atoms in total. The maximum absolute atomic E-state index is 12.4. The van der Waals surface area contributed by atoms with Gasteiger partial charge in [-0.05, 0) is 248 Å². The highest BCUT2D eigenvalue weighted by Crippen LogP contribution is 2.63. The van der Waals surface area contributed by atoms with Gasteiger partial charge in [0.15, 0.2) is 17.3 Å². The number of aliphatic hydroxyl groups excluding tert-OH is 1. The summed E-state index contributed by atoms with van der Waals surface area (Å²) in [6, 6.07) is 20.3. The molecule has 0 radical (unpaired) electrons. The third-order valence-electron chi connectivity index (χ3n) is 24.2. The van der Waals surface area contributed by atoms with Crippen LogP contribution in [0.2, 0.25) is 0 Å². The number of aryl methyl sites for hydroxylation is 2. The average molecular weight is 1870 g/mol. The number of carboxylic acid groups (broad SMARTS) is 1. The lowest BCUT2D eigenvalue weighted by Gasteiger charge is -2.50. The highest BCUT2D eigenvalue weighted by molar-refractivity contribution is 6.04. The number of aliphatic hydroxyl groups is 2. The standard InChI is InChI=1S/C36H48N2O9.C21H28O4.C20H30N2O8.C14H21N3O6.C4H10O.CO2/c1-36-12-10-28-27-7-5-25(40)18-22(27)4-6-29(28)30(36)8-9-31(36)47-14-11-32(42)38-13-15-45-16-17-46-21-26(41)19-23-2-3-24(20-39)33(34(23)43)35(37)44;1-21-10-8-16-15-5-3-14(22)12-13(15)2-4-17(16)18(21)6-7-19(21)25-11-9-20(23)24;1-20(2,3)30-16(24)6-5-9-28-10-11-29-12-15(23)22-13-7-8-14(27-4)17(18(13)25)19(21)26;1-21-10-3-2-9(13(19)12(10)14(16)20)17-11(18)8-23-7-6-22-5-4-15;1-4(2,3)5;2-1-3/h2-3,5,7,18,28-31,39-40,43H,4,6,8-17,19-21H2,1H3,(H2,37,44)(H,38,42);3,5,12,16-19,22H,2,4,6-11H2,1H3,(H,23,24);7-8,25H,5-6,9-12H2,1-4H3,(H2,21,26)(H,22,23);2-3,19H,4-8,15H2,1H3,(H2,16,20)(H,17,18);5H,1-3H3;. The fraction of sp³-hybridized carbons (Fsp3) is 0.583. The highest BCUT2D eigenvalue weighted by atomic mass is 16.6. The number of rotatable bonds is 42. The molecular weight excluding hydrogens is 1730 g/mol. The molecule has 0 bridgehead atoms. The Morgan fingerprint density at radius 2 is 0.925 bits per heavy atom. The van der Waals surface area contributed by atoms with Crippen molar-refractivity contribution in [2.24, 2.45) is 57.4 Å². The molecule has 6 aliphatic carbocycles. The second kappa shape index (κ2) is 54.4. The molecule has 736 valence electrons. The number of methoxy groups -OCH3 is 2. The van der Waals surface area contributed by atoms with Crippen molar-refractivity contribution in [3.05, 3.63) is 123 Å². The summed E-state index contributed by atoms with van der Waals surface area (Å²) in [7, 11) is 2.66. The maximum Gasteiger partial charge on any atom is 0.373 e. The zero-order chi connectivity index (χ0) is 98.3. The second-order valence-corrected chi connectivity index (χ2v) is 35.8. The molecule has 0 aromatic heterocycles. The van der Waals surface area contributed by atoms with Crippen molar-refractivity contribution in [1.82, 2.24) is 5.32 Å². The molecule has 0 heterocycles. The van der Waals surface area contributed by atoms with Gasteiger partial charge in [0.05, 0.1) is 128 Å². The van der Waals surface area contributed by atoms with Gasteiger partial charge in [-0.3, -0.25) is 43.2 Å². The van der Waals surface area contributed by atoms with E-state index in [4.69, 9.17) is 94.8 Å². The van der Waals surface area contributed by atoms with Crippen LogP contribution in [0.5, 0.6) is 40.2 Å². The van der Waals surface area contributed by atoms with Crippen LogP contribution in [0.15, 0.2) is 72.8 Å². The summed E-state index contributed by atoms with van der Waals surface area (Å²) >= 11 is 0. The monoisotopic (exact) mass is 1870 g/mol. The van der Waals surface area contributed by atoms with E-state index >= 15 is 0 Å². The van der Waals surface area contributed by atoms with Gasteiger partial charge < -0.3 is 132 Å². The lowest BCUT2D eigenvalue weighted by Crippen LogP contribution is -2.45. The minimum absolute atomic E-state index is 0.0107. The van der Waals surface area contributed by atoms with E-state index < -0.39 is 70.6 Å². The molecule has 19 N–H and O–H groups in total. The van der Waals surface area contributed by atoms with E-state index in [9.17, 15) is 73.8 Å². The van der Waals surface area contributed by atoms with E-state index in [1.165, 1.54) is 92.1 Å². The number of carbonyl (C=O) groups excluding carboxylic acids is 10. The molecule has 0 aliphatic heterocycles. The largest absolute Gasteiger partial charge is 0.508 e. The van der Waals surface area contributed by atoms with Crippen LogP contribution >= 0.6 is 0 Å². The number of fused-ring (bicyclic) bond motifs is 10. The van der Waals surface area contributed by atoms with Crippen LogP contribution in [0, 0.1) is 34.5 Å². The first-order chi connectivity index (χ1) is 63.1. The van der Waals surface area contributed by atoms with E-state index in [1.807, 2.05) is 45.0 Å². The molecule has 0 saturated heterocycles. The number of carboxylic acids is 1. The van der Waals surface area contributed by atoms with E-state index in [1.54, 1.807) is 20.8 Å². The van der Waals surface area contributed by atoms with Crippen LogP contribution in [0.4, 0.5) is 11.4 Å². The molecule has 0 spiro atoms. The van der Waals surface area contributed by atoms with E-state index in [0.717, 1.165) is 57.8 Å². The number of ether oxygens (including phenoxy) is 11. The van der Waals surface area contributed by atoms with E-state index in [-0.39, 0.29) is 170 Å². The summed E-state index contributed by atoms with van der Waals surface area (Å²) in [5.74, 6) is -1.72. The minimum Gasteiger partial charge on any atom is -0.508 e. The molecule has 11 rings (SSSR count). The van der Waals surface area contributed by atoms with Gasteiger partial charge in [0.2, 0.25) is 17.7 Å². The molecular formula is C96H137N7O30. The second-order valence-electron chi connectivity index (χ2n) is 35.8. The number of anilines is 2. The van der Waals surface area contributed by atoms with Crippen molar-refractivity contribution in [3.63, 3.8) is 0 Å². The van der Waals surface area contributed by atoms with Crippen LogP contribution in [-0.2, 0) is 107 Å². The molecule has 133 heavy (non-hydrogen) atoms. The number of Topliss-reactive ketones (excluding diaryl/α,β-unsaturated/α-hetero) is 1. The molecule has 5 aromatic carbocycles. The number of benzene rings is 5. The van der Waals surface area contributed by atoms with Crippen molar-refractivity contribution in [1.29, 1.82) is 0 Å². The molecule has 5 aromatic rings. The summed E-state index contributed by atoms with van der Waals surface area (Å²) < 4.78 is 59.0. The summed E-state index contributed by atoms with van der Waals surface area (Å²) in [5.41, 5.74) is 25.6. The van der Waals surface area contributed by atoms with Gasteiger partial charge in [0.1, 0.15) is 65.3 Å². The zero-order valence-electron chi connectivity index (χ0n) is 78.0. The highest BCUT2D eigenvalue weighted by Gasteiger charge is 2.57. The quantitative estimate of drug-likeness (QED) is 0.00987. The summed E-state index contributed by atoms with van der Waals surface area (Å²) in [6.45, 7) is 18.2. The number of hydrogen-bond donors (Lipinski definition) is 15. The van der Waals surface area contributed by atoms with Crippen LogP contribution in [-0.4, -0.2) is 243 Å². The van der Waals surface area contributed by atoms with Crippen molar-refractivity contribution in [2.45, 2.75) is 206 Å². The third-order valence-corrected chi connectivity index (χ3v) is 24.2. The number of esters is 1. The van der Waals surface area contributed by atoms with Crippen LogP contribution in [0.3, 0.4) is 0 Å². The van der Waals surface area contributed by atoms with Gasteiger partial charge in [-0.1, -0.05) is 38.1 Å². The molecule has 6 aliphatic rings. The molecule has 6 amide bonds. The van der Waals surface area contributed by atoms with Crippen molar-refractivity contribution in [2.75, 3.05) is 130 Å². The maximum atomic E-state index is 12.4. The zero-order valence-corrected chi connectivity index (χ0v) is 78.0. The molecule has 4 fully saturated rings. The Balaban J connectivity index is 0.000000276. The molecule has 10 atom stereocenters. The number of aliphatic carboxylic acids is 1. The fourth-order valence-electron chi connectivity index (χ4n) is 18.5. The Hall–Kier alpha value is -10.9. The fourth-order valence-corrected chi connectivity index (χ4v) is 18.5. The van der Waals surface area contributed by atoms with E-state index in [2.05, 4.69) is 41.9 Å². The topological polar surface area (TPSA) is 591 Å². The van der Waals surface area contributed by atoms with Gasteiger partial charge in [-0.15, -0.1) is 0 Å². The third kappa shape index (κ3) is 34.5. The number of hydrogen-bond acceptors (Lipinski definition) is 30. The number of amides is 6. The smallest absolute Gasteiger partial charge is 0.373 e. The first kappa shape index (κ1) is 111. The van der Waals surface area contributed by atoms with Gasteiger partial charge in [-0.2, -0.15) is 9.59 Å². The number of nitrogens with two attached hydrogens (primary N) is 4. The number of phenols is 5. The van der Waals surface area contributed by atoms with Crippen LogP contribution in [0.1, 0.15) is 222 Å². The summed E-state index contributed by atoms with van der Waals surface area (Å²) in [5, 5.41) is 84.6. The van der Waals surface area contributed by atoms with Crippen molar-refractivity contribution in [3.8, 4) is 40.2 Å². The van der Waals surface area contributed by atoms with Crippen LogP contribution < -0.4 is 48.4 Å². The lowest BCUT2D eigenvalue weighted by molar-refractivity contribution is -0.192. The van der Waals surface area contributed by atoms with Gasteiger partial charge in [0.25, 0.3) is 17.7 Å². The molecule has 37 heteroatoms. The van der Waals surface area contributed by atoms with Crippen LogP contribution in [0.25, 0.3) is 0 Å².